The fraction of sp³-hybridized carbons (Fsp3) is 0.343. The minimum atomic E-state index is 0.0131. The van der Waals surface area contributed by atoms with E-state index >= 15 is 0 Å². The van der Waals surface area contributed by atoms with Gasteiger partial charge in [-0.2, -0.15) is 0 Å². The Bertz CT molecular complexity index is 1510. The molecule has 0 bridgehead atoms. The van der Waals surface area contributed by atoms with Crippen LogP contribution in [0.2, 0.25) is 0 Å². The number of fused-ring (bicyclic) bond motifs is 1. The highest BCUT2D eigenvalue weighted by atomic mass is 16.1. The van der Waals surface area contributed by atoms with E-state index in [-0.39, 0.29) is 5.41 Å². The third-order valence-corrected chi connectivity index (χ3v) is 8.40. The topological polar surface area (TPSA) is 28.5 Å². The summed E-state index contributed by atoms with van der Waals surface area (Å²) in [5, 5.41) is 1.22. The number of likely N-dealkylation sites (tertiary alicyclic amines) is 1. The molecule has 4 aromatic rings. The zero-order chi connectivity index (χ0) is 27.9. The van der Waals surface area contributed by atoms with Gasteiger partial charge in [-0.15, -0.1) is 0 Å². The monoisotopic (exact) mass is 519 g/mol. The summed E-state index contributed by atoms with van der Waals surface area (Å²) in [6, 6.07) is 25.7. The minimum Gasteiger partial charge on any atom is -0.371 e. The highest BCUT2D eigenvalue weighted by Crippen LogP contribution is 2.46. The van der Waals surface area contributed by atoms with Gasteiger partial charge in [-0.25, -0.2) is 0 Å². The molecule has 2 heterocycles. The number of hydrogen-bond donors (Lipinski definition) is 0. The SMILES string of the molecule is C=C(N1CCC(c2ccccc2N(C=O)c2cccc(-c3ccc4ccn(C)c4c3)c2)C1C(C)C)C(C)(C)C. The van der Waals surface area contributed by atoms with Gasteiger partial charge in [0.15, 0.2) is 0 Å². The van der Waals surface area contributed by atoms with Crippen LogP contribution in [-0.2, 0) is 11.8 Å². The molecule has 0 saturated carbocycles. The van der Waals surface area contributed by atoms with E-state index in [1.165, 1.54) is 22.2 Å². The number of aryl methyl sites for hydroxylation is 1. The number of carbonyl (C=O) groups excluding carboxylic acids is 1. The molecule has 1 aliphatic heterocycles. The molecule has 0 aliphatic carbocycles. The minimum absolute atomic E-state index is 0.0131. The van der Waals surface area contributed by atoms with E-state index in [1.807, 2.05) is 23.1 Å². The summed E-state index contributed by atoms with van der Waals surface area (Å²) in [6.45, 7) is 16.8. The van der Waals surface area contributed by atoms with E-state index in [9.17, 15) is 4.79 Å². The van der Waals surface area contributed by atoms with Crippen LogP contribution < -0.4 is 4.90 Å². The van der Waals surface area contributed by atoms with Crippen molar-refractivity contribution in [3.63, 3.8) is 0 Å². The van der Waals surface area contributed by atoms with Crippen LogP contribution in [0.25, 0.3) is 22.0 Å². The lowest BCUT2D eigenvalue weighted by molar-refractivity contribution is -0.106. The van der Waals surface area contributed by atoms with Gasteiger partial charge in [0.05, 0.1) is 5.69 Å². The molecule has 0 radical (unpaired) electrons. The van der Waals surface area contributed by atoms with Gasteiger partial charge in [0.2, 0.25) is 6.41 Å². The number of anilines is 2. The Labute approximate surface area is 233 Å². The third-order valence-electron chi connectivity index (χ3n) is 8.40. The summed E-state index contributed by atoms with van der Waals surface area (Å²) in [6.07, 6.45) is 4.09. The number of aromatic nitrogens is 1. The number of carbonyl (C=O) groups is 1. The first-order valence-corrected chi connectivity index (χ1v) is 14.0. The fourth-order valence-electron chi connectivity index (χ4n) is 6.28. The standard InChI is InChI=1S/C35H41N3O/c1-24(2)34-31(18-20-37(34)25(3)35(4,5)6)30-13-8-9-14-32(30)38(23-39)29-12-10-11-27(21-29)28-16-15-26-17-19-36(7)33(26)22-28/h8-17,19,21-24,31,34H,3,18,20H2,1-2,4-7H3. The van der Waals surface area contributed by atoms with E-state index in [0.29, 0.717) is 17.9 Å². The molecule has 1 fully saturated rings. The fourth-order valence-corrected chi connectivity index (χ4v) is 6.28. The van der Waals surface area contributed by atoms with Crippen molar-refractivity contribution in [1.29, 1.82) is 0 Å². The lowest BCUT2D eigenvalue weighted by atomic mass is 9.83. The van der Waals surface area contributed by atoms with Gasteiger partial charge in [-0.3, -0.25) is 9.69 Å². The van der Waals surface area contributed by atoms with E-state index in [4.69, 9.17) is 0 Å². The number of nitrogens with zero attached hydrogens (tertiary/aromatic N) is 3. The summed E-state index contributed by atoms with van der Waals surface area (Å²) < 4.78 is 2.14. The average Bonchev–Trinajstić information content (AvgIpc) is 3.52. The van der Waals surface area contributed by atoms with Gasteiger partial charge in [0, 0.05) is 54.1 Å². The van der Waals surface area contributed by atoms with Crippen molar-refractivity contribution in [3.8, 4) is 11.1 Å². The Hall–Kier alpha value is -3.79. The maximum atomic E-state index is 12.7. The van der Waals surface area contributed by atoms with Crippen molar-refractivity contribution in [2.75, 3.05) is 11.4 Å². The molecule has 39 heavy (non-hydrogen) atoms. The maximum Gasteiger partial charge on any atom is 0.218 e. The summed E-state index contributed by atoms with van der Waals surface area (Å²) in [5.41, 5.74) is 7.68. The van der Waals surface area contributed by atoms with Gasteiger partial charge in [-0.1, -0.05) is 83.7 Å². The van der Waals surface area contributed by atoms with Crippen LogP contribution in [0.4, 0.5) is 11.4 Å². The molecular weight excluding hydrogens is 478 g/mol. The molecule has 202 valence electrons. The Morgan fingerprint density at radius 1 is 1.00 bits per heavy atom. The van der Waals surface area contributed by atoms with E-state index < -0.39 is 0 Å². The first kappa shape index (κ1) is 26.8. The van der Waals surface area contributed by atoms with Gasteiger partial charge >= 0.3 is 0 Å². The van der Waals surface area contributed by atoms with Crippen LogP contribution in [0.15, 0.2) is 91.3 Å². The van der Waals surface area contributed by atoms with E-state index in [0.717, 1.165) is 41.9 Å². The smallest absolute Gasteiger partial charge is 0.218 e. The lowest BCUT2D eigenvalue weighted by Crippen LogP contribution is -2.39. The van der Waals surface area contributed by atoms with Gasteiger partial charge < -0.3 is 9.47 Å². The summed E-state index contributed by atoms with van der Waals surface area (Å²) in [5.74, 6) is 0.760. The quantitative estimate of drug-likeness (QED) is 0.229. The number of amides is 1. The molecule has 1 aromatic heterocycles. The second kappa shape index (κ2) is 10.4. The summed E-state index contributed by atoms with van der Waals surface area (Å²) in [7, 11) is 2.07. The normalized spacial score (nSPS) is 17.7. The van der Waals surface area contributed by atoms with E-state index in [1.54, 1.807) is 0 Å². The van der Waals surface area contributed by atoms with Crippen LogP contribution in [0.1, 0.15) is 52.5 Å². The molecule has 2 atom stereocenters. The molecule has 4 nitrogen and oxygen atoms in total. The highest BCUT2D eigenvalue weighted by molar-refractivity contribution is 5.90. The molecule has 5 rings (SSSR count). The number of allylic oxidation sites excluding steroid dienone is 1. The second-order valence-electron chi connectivity index (χ2n) is 12.3. The molecule has 1 amide bonds. The summed E-state index contributed by atoms with van der Waals surface area (Å²) in [4.78, 5) is 17.1. The Kier molecular flexibility index (Phi) is 7.15. The Morgan fingerprint density at radius 3 is 2.46 bits per heavy atom. The zero-order valence-corrected chi connectivity index (χ0v) is 24.2. The van der Waals surface area contributed by atoms with Gasteiger partial charge in [0.25, 0.3) is 0 Å². The summed E-state index contributed by atoms with van der Waals surface area (Å²) >= 11 is 0. The largest absolute Gasteiger partial charge is 0.371 e. The average molecular weight is 520 g/mol. The van der Waals surface area contributed by atoms with Gasteiger partial charge in [0.1, 0.15) is 0 Å². The third kappa shape index (κ3) is 5.01. The molecular formula is C35H41N3O. The zero-order valence-electron chi connectivity index (χ0n) is 24.2. The molecule has 1 aliphatic rings. The van der Waals surface area contributed by atoms with Crippen LogP contribution in [0.3, 0.4) is 0 Å². The second-order valence-corrected chi connectivity index (χ2v) is 12.3. The predicted molar refractivity (Wildman–Crippen MR) is 164 cm³/mol. The molecule has 0 spiro atoms. The van der Waals surface area contributed by atoms with Crippen LogP contribution >= 0.6 is 0 Å². The maximum absolute atomic E-state index is 12.7. The van der Waals surface area contributed by atoms with Crippen molar-refractivity contribution in [2.45, 2.75) is 53.0 Å². The predicted octanol–water partition coefficient (Wildman–Crippen LogP) is 8.51. The molecule has 3 aromatic carbocycles. The number of hydrogen-bond acceptors (Lipinski definition) is 2. The van der Waals surface area contributed by atoms with Crippen LogP contribution in [0.5, 0.6) is 0 Å². The van der Waals surface area contributed by atoms with Crippen molar-refractivity contribution in [3.05, 3.63) is 96.8 Å². The lowest BCUT2D eigenvalue weighted by Gasteiger charge is -2.40. The van der Waals surface area contributed by atoms with Crippen molar-refractivity contribution < 1.29 is 4.79 Å². The van der Waals surface area contributed by atoms with E-state index in [2.05, 4.69) is 119 Å². The van der Waals surface area contributed by atoms with Crippen molar-refractivity contribution in [1.82, 2.24) is 9.47 Å². The highest BCUT2D eigenvalue weighted by Gasteiger charge is 2.41. The number of para-hydroxylation sites is 1. The molecule has 1 saturated heterocycles. The molecule has 4 heteroatoms. The number of benzene rings is 3. The Morgan fingerprint density at radius 2 is 1.74 bits per heavy atom. The van der Waals surface area contributed by atoms with Crippen molar-refractivity contribution in [2.24, 2.45) is 18.4 Å². The first-order chi connectivity index (χ1) is 18.6. The molecule has 0 N–H and O–H groups in total. The van der Waals surface area contributed by atoms with Gasteiger partial charge in [-0.05, 0) is 64.7 Å². The first-order valence-electron chi connectivity index (χ1n) is 14.0. The van der Waals surface area contributed by atoms with Crippen molar-refractivity contribution >= 4 is 28.7 Å². The molecule has 2 unspecified atom stereocenters. The number of rotatable bonds is 7. The van der Waals surface area contributed by atoms with Crippen LogP contribution in [0, 0.1) is 11.3 Å². The van der Waals surface area contributed by atoms with Crippen LogP contribution in [-0.4, -0.2) is 28.5 Å². The Balaban J connectivity index is 1.53.